The molecule has 0 spiro atoms. The fourth-order valence-corrected chi connectivity index (χ4v) is 0.436. The van der Waals surface area contributed by atoms with Gasteiger partial charge in [-0.15, -0.1) is 6.42 Å². The second-order valence-electron chi connectivity index (χ2n) is 1.92. The maximum atomic E-state index is 10.8. The van der Waals surface area contributed by atoms with Gasteiger partial charge < -0.3 is 10.0 Å². The number of rotatable bonds is 2. The standard InChI is InChI=1S/C7H11NO2/c1-4-6(9)7(10)8(3)5-2/h1,6,9H,5H2,2-3H3. The van der Waals surface area contributed by atoms with Gasteiger partial charge in [-0.3, -0.25) is 4.79 Å². The van der Waals surface area contributed by atoms with Crippen molar-refractivity contribution in [3.8, 4) is 12.3 Å². The zero-order valence-electron chi connectivity index (χ0n) is 6.16. The Morgan fingerprint density at radius 1 is 1.90 bits per heavy atom. The van der Waals surface area contributed by atoms with Gasteiger partial charge in [0, 0.05) is 13.6 Å². The first-order valence-electron chi connectivity index (χ1n) is 3.02. The van der Waals surface area contributed by atoms with Crippen molar-refractivity contribution >= 4 is 5.91 Å². The number of hydrogen-bond acceptors (Lipinski definition) is 2. The van der Waals surface area contributed by atoms with E-state index in [1.165, 1.54) is 4.90 Å². The predicted octanol–water partition coefficient (Wildman–Crippen LogP) is -0.541. The minimum absolute atomic E-state index is 0.426. The second-order valence-corrected chi connectivity index (χ2v) is 1.92. The third kappa shape index (κ3) is 2.08. The summed E-state index contributed by atoms with van der Waals surface area (Å²) in [6.45, 7) is 2.36. The molecule has 1 atom stereocenters. The Kier molecular flexibility index (Phi) is 3.52. The zero-order chi connectivity index (χ0) is 8.15. The third-order valence-corrected chi connectivity index (χ3v) is 1.24. The van der Waals surface area contributed by atoms with Gasteiger partial charge in [-0.1, -0.05) is 5.92 Å². The first-order chi connectivity index (χ1) is 4.63. The van der Waals surface area contributed by atoms with Crippen LogP contribution in [0.3, 0.4) is 0 Å². The fraction of sp³-hybridized carbons (Fsp3) is 0.571. The molecule has 0 heterocycles. The van der Waals surface area contributed by atoms with Gasteiger partial charge in [-0.05, 0) is 6.92 Å². The largest absolute Gasteiger partial charge is 0.372 e. The van der Waals surface area contributed by atoms with Gasteiger partial charge in [0.15, 0.2) is 6.10 Å². The van der Waals surface area contributed by atoms with Crippen molar-refractivity contribution < 1.29 is 9.90 Å². The molecule has 0 saturated carbocycles. The lowest BCUT2D eigenvalue weighted by Gasteiger charge is -2.14. The van der Waals surface area contributed by atoms with Gasteiger partial charge in [-0.25, -0.2) is 0 Å². The number of carbonyl (C=O) groups excluding carboxylic acids is 1. The smallest absolute Gasteiger partial charge is 0.263 e. The van der Waals surface area contributed by atoms with Crippen molar-refractivity contribution in [1.29, 1.82) is 0 Å². The third-order valence-electron chi connectivity index (χ3n) is 1.24. The Balaban J connectivity index is 3.98. The zero-order valence-corrected chi connectivity index (χ0v) is 6.16. The molecule has 1 unspecified atom stereocenters. The van der Waals surface area contributed by atoms with Crippen LogP contribution >= 0.6 is 0 Å². The quantitative estimate of drug-likeness (QED) is 0.525. The van der Waals surface area contributed by atoms with E-state index in [9.17, 15) is 4.79 Å². The lowest BCUT2D eigenvalue weighted by atomic mass is 10.3. The van der Waals surface area contributed by atoms with Crippen LogP contribution in [0.4, 0.5) is 0 Å². The Bertz CT molecular complexity index is 159. The van der Waals surface area contributed by atoms with E-state index in [-0.39, 0.29) is 0 Å². The summed E-state index contributed by atoms with van der Waals surface area (Å²) in [7, 11) is 1.59. The van der Waals surface area contributed by atoms with Crippen LogP contribution in [-0.2, 0) is 4.79 Å². The van der Waals surface area contributed by atoms with E-state index in [0.29, 0.717) is 6.54 Å². The van der Waals surface area contributed by atoms with E-state index < -0.39 is 12.0 Å². The van der Waals surface area contributed by atoms with Crippen molar-refractivity contribution in [2.75, 3.05) is 13.6 Å². The molecule has 0 fully saturated rings. The van der Waals surface area contributed by atoms with E-state index in [2.05, 4.69) is 0 Å². The molecule has 0 aliphatic heterocycles. The molecule has 56 valence electrons. The number of terminal acetylenes is 1. The summed E-state index contributed by atoms with van der Waals surface area (Å²) in [6, 6.07) is 0. The highest BCUT2D eigenvalue weighted by molar-refractivity contribution is 5.83. The second kappa shape index (κ2) is 3.91. The van der Waals surface area contributed by atoms with E-state index in [4.69, 9.17) is 11.5 Å². The summed E-state index contributed by atoms with van der Waals surface area (Å²) >= 11 is 0. The van der Waals surface area contributed by atoms with Gasteiger partial charge in [0.05, 0.1) is 0 Å². The maximum Gasteiger partial charge on any atom is 0.263 e. The summed E-state index contributed by atoms with van der Waals surface area (Å²) in [5.41, 5.74) is 0. The SMILES string of the molecule is C#CC(O)C(=O)N(C)CC. The Labute approximate surface area is 60.6 Å². The molecular weight excluding hydrogens is 130 g/mol. The summed E-state index contributed by atoms with van der Waals surface area (Å²) < 4.78 is 0. The average Bonchev–Trinajstić information content (AvgIpc) is 2.00. The Hall–Kier alpha value is -1.01. The van der Waals surface area contributed by atoms with Crippen molar-refractivity contribution in [2.24, 2.45) is 0 Å². The Morgan fingerprint density at radius 2 is 2.40 bits per heavy atom. The molecule has 0 aromatic heterocycles. The van der Waals surface area contributed by atoms with Crippen molar-refractivity contribution in [2.45, 2.75) is 13.0 Å². The predicted molar refractivity (Wildman–Crippen MR) is 38.2 cm³/mol. The van der Waals surface area contributed by atoms with Crippen LogP contribution in [-0.4, -0.2) is 35.6 Å². The van der Waals surface area contributed by atoms with Gasteiger partial charge >= 0.3 is 0 Å². The summed E-state index contributed by atoms with van der Waals surface area (Å²) in [5, 5.41) is 8.80. The number of carbonyl (C=O) groups is 1. The summed E-state index contributed by atoms with van der Waals surface area (Å²) in [6.07, 6.45) is 3.53. The monoisotopic (exact) mass is 141 g/mol. The van der Waals surface area contributed by atoms with Gasteiger partial charge in [0.1, 0.15) is 0 Å². The summed E-state index contributed by atoms with van der Waals surface area (Å²) in [5.74, 6) is 1.52. The number of nitrogens with zero attached hydrogens (tertiary/aromatic N) is 1. The van der Waals surface area contributed by atoms with Crippen LogP contribution in [0.2, 0.25) is 0 Å². The number of likely N-dealkylation sites (N-methyl/N-ethyl adjacent to an activating group) is 1. The minimum Gasteiger partial charge on any atom is -0.372 e. The molecule has 10 heavy (non-hydrogen) atoms. The number of hydrogen-bond donors (Lipinski definition) is 1. The van der Waals surface area contributed by atoms with Crippen LogP contribution in [0.25, 0.3) is 0 Å². The molecule has 0 radical (unpaired) electrons. The highest BCUT2D eigenvalue weighted by atomic mass is 16.3. The number of aliphatic hydroxyl groups is 1. The molecule has 3 nitrogen and oxygen atoms in total. The first-order valence-corrected chi connectivity index (χ1v) is 3.02. The minimum atomic E-state index is -1.29. The van der Waals surface area contributed by atoms with Crippen LogP contribution in [0.15, 0.2) is 0 Å². The summed E-state index contributed by atoms with van der Waals surface area (Å²) in [4.78, 5) is 12.2. The lowest BCUT2D eigenvalue weighted by Crippen LogP contribution is -2.35. The van der Waals surface area contributed by atoms with Crippen molar-refractivity contribution in [1.82, 2.24) is 4.90 Å². The van der Waals surface area contributed by atoms with E-state index in [1.54, 1.807) is 14.0 Å². The maximum absolute atomic E-state index is 10.8. The molecule has 0 rings (SSSR count). The Morgan fingerprint density at radius 3 is 2.70 bits per heavy atom. The topological polar surface area (TPSA) is 40.5 Å². The highest BCUT2D eigenvalue weighted by Gasteiger charge is 2.14. The molecule has 0 aliphatic rings. The van der Waals surface area contributed by atoms with Crippen LogP contribution < -0.4 is 0 Å². The number of aliphatic hydroxyl groups excluding tert-OH is 1. The molecule has 0 saturated heterocycles. The lowest BCUT2D eigenvalue weighted by molar-refractivity contribution is -0.135. The molecule has 1 amide bonds. The number of amides is 1. The van der Waals surface area contributed by atoms with Gasteiger partial charge in [-0.2, -0.15) is 0 Å². The molecule has 1 N–H and O–H groups in total. The molecule has 0 aromatic rings. The van der Waals surface area contributed by atoms with Gasteiger partial charge in [0.25, 0.3) is 5.91 Å². The average molecular weight is 141 g/mol. The van der Waals surface area contributed by atoms with Crippen LogP contribution in [0.1, 0.15) is 6.92 Å². The van der Waals surface area contributed by atoms with Crippen LogP contribution in [0, 0.1) is 12.3 Å². The molecule has 0 aliphatic carbocycles. The van der Waals surface area contributed by atoms with E-state index in [0.717, 1.165) is 0 Å². The highest BCUT2D eigenvalue weighted by Crippen LogP contribution is 1.89. The van der Waals surface area contributed by atoms with E-state index >= 15 is 0 Å². The normalized spacial score (nSPS) is 11.8. The molecule has 3 heteroatoms. The van der Waals surface area contributed by atoms with Crippen LogP contribution in [0.5, 0.6) is 0 Å². The van der Waals surface area contributed by atoms with Crippen molar-refractivity contribution in [3.63, 3.8) is 0 Å². The first kappa shape index (κ1) is 8.99. The van der Waals surface area contributed by atoms with Gasteiger partial charge in [0.2, 0.25) is 0 Å². The molecule has 0 bridgehead atoms. The fourth-order valence-electron chi connectivity index (χ4n) is 0.436. The van der Waals surface area contributed by atoms with Crippen molar-refractivity contribution in [3.05, 3.63) is 0 Å². The van der Waals surface area contributed by atoms with E-state index in [1.807, 2.05) is 5.92 Å². The molecule has 0 aromatic carbocycles. The molecular formula is C7H11NO2.